The van der Waals surface area contributed by atoms with E-state index in [-0.39, 0.29) is 5.82 Å². The topological polar surface area (TPSA) is 63.6 Å². The molecule has 0 unspecified atom stereocenters. The van der Waals surface area contributed by atoms with Crippen molar-refractivity contribution in [1.82, 2.24) is 19.9 Å². The summed E-state index contributed by atoms with van der Waals surface area (Å²) in [4.78, 5) is 16.6. The molecule has 0 aliphatic heterocycles. The zero-order valence-electron chi connectivity index (χ0n) is 14.7. The van der Waals surface area contributed by atoms with Gasteiger partial charge in [-0.3, -0.25) is 4.98 Å². The van der Waals surface area contributed by atoms with Crippen molar-refractivity contribution in [2.24, 2.45) is 0 Å². The number of halogens is 3. The predicted molar refractivity (Wildman–Crippen MR) is 100 cm³/mol. The first-order valence-corrected chi connectivity index (χ1v) is 8.38. The summed E-state index contributed by atoms with van der Waals surface area (Å²) in [6.07, 6.45) is -0.521. The molecule has 140 valence electrons. The third-order valence-electron chi connectivity index (χ3n) is 4.24. The minimum Gasteiger partial charge on any atom is -0.325 e. The van der Waals surface area contributed by atoms with Crippen LogP contribution in [0.25, 0.3) is 22.2 Å². The van der Waals surface area contributed by atoms with Crippen LogP contribution in [0.4, 0.5) is 24.8 Å². The van der Waals surface area contributed by atoms with Gasteiger partial charge in [0.05, 0.1) is 16.8 Å². The van der Waals surface area contributed by atoms with E-state index >= 15 is 0 Å². The van der Waals surface area contributed by atoms with E-state index in [1.165, 1.54) is 12.4 Å². The second kappa shape index (κ2) is 6.88. The molecule has 0 saturated carbocycles. The highest BCUT2D eigenvalue weighted by Crippen LogP contribution is 2.30. The fourth-order valence-electron chi connectivity index (χ4n) is 2.86. The van der Waals surface area contributed by atoms with Crippen LogP contribution in [0.1, 0.15) is 11.1 Å². The van der Waals surface area contributed by atoms with Crippen molar-refractivity contribution in [3.63, 3.8) is 0 Å². The van der Waals surface area contributed by atoms with E-state index in [0.717, 1.165) is 34.3 Å². The van der Waals surface area contributed by atoms with Crippen molar-refractivity contribution in [2.75, 3.05) is 5.32 Å². The summed E-state index contributed by atoms with van der Waals surface area (Å²) in [5, 5.41) is 3.96. The van der Waals surface area contributed by atoms with Crippen molar-refractivity contribution in [3.8, 4) is 11.3 Å². The highest BCUT2D eigenvalue weighted by Gasteiger charge is 2.30. The number of aromatic nitrogens is 4. The van der Waals surface area contributed by atoms with E-state index < -0.39 is 11.7 Å². The Morgan fingerprint density at radius 2 is 1.75 bits per heavy atom. The van der Waals surface area contributed by atoms with Crippen LogP contribution in [-0.4, -0.2) is 19.9 Å². The molecule has 3 heterocycles. The van der Waals surface area contributed by atoms with Crippen LogP contribution in [0.5, 0.6) is 0 Å². The molecule has 3 aromatic heterocycles. The molecule has 0 bridgehead atoms. The van der Waals surface area contributed by atoms with Gasteiger partial charge in [0.1, 0.15) is 18.0 Å². The van der Waals surface area contributed by atoms with Crippen LogP contribution in [0.2, 0.25) is 0 Å². The number of pyridine rings is 2. The normalized spacial score (nSPS) is 11.6. The Hall–Kier alpha value is -3.55. The maximum Gasteiger partial charge on any atom is 0.417 e. The third kappa shape index (κ3) is 3.62. The van der Waals surface area contributed by atoms with Crippen molar-refractivity contribution in [1.29, 1.82) is 0 Å². The highest BCUT2D eigenvalue weighted by molar-refractivity contribution is 5.86. The summed E-state index contributed by atoms with van der Waals surface area (Å²) in [6.45, 7) is 2.00. The molecule has 5 nitrogen and oxygen atoms in total. The second-order valence-electron chi connectivity index (χ2n) is 6.21. The Balaban J connectivity index is 1.63. The highest BCUT2D eigenvalue weighted by atomic mass is 19.4. The first kappa shape index (κ1) is 17.8. The van der Waals surface area contributed by atoms with Gasteiger partial charge in [-0.15, -0.1) is 0 Å². The number of benzene rings is 1. The quantitative estimate of drug-likeness (QED) is 0.531. The molecule has 28 heavy (non-hydrogen) atoms. The Labute approximate surface area is 158 Å². The number of nitrogens with zero attached hydrogens (tertiary/aromatic N) is 4. The zero-order chi connectivity index (χ0) is 19.7. The Morgan fingerprint density at radius 3 is 2.50 bits per heavy atom. The lowest BCUT2D eigenvalue weighted by Crippen LogP contribution is -2.06. The number of hydrogen-bond donors (Lipinski definition) is 1. The molecule has 4 aromatic rings. The van der Waals surface area contributed by atoms with E-state index in [1.54, 1.807) is 12.3 Å². The van der Waals surface area contributed by atoms with Gasteiger partial charge >= 0.3 is 6.18 Å². The fraction of sp³-hybridized carbons (Fsp3) is 0.100. The minimum absolute atomic E-state index is 0.258. The van der Waals surface area contributed by atoms with E-state index in [0.29, 0.717) is 11.5 Å². The first-order valence-electron chi connectivity index (χ1n) is 8.38. The van der Waals surface area contributed by atoms with Gasteiger partial charge in [0.15, 0.2) is 0 Å². The molecule has 1 aromatic carbocycles. The smallest absolute Gasteiger partial charge is 0.325 e. The maximum absolute atomic E-state index is 12.6. The first-order chi connectivity index (χ1) is 13.4. The van der Waals surface area contributed by atoms with E-state index in [1.807, 2.05) is 31.2 Å². The maximum atomic E-state index is 12.6. The molecular formula is C20H14F3N5. The van der Waals surface area contributed by atoms with Gasteiger partial charge in [0, 0.05) is 29.4 Å². The number of nitrogens with one attached hydrogen (secondary N) is 1. The van der Waals surface area contributed by atoms with Crippen LogP contribution in [-0.2, 0) is 6.18 Å². The van der Waals surface area contributed by atoms with Gasteiger partial charge in [-0.05, 0) is 42.8 Å². The predicted octanol–water partition coefficient (Wildman–Crippen LogP) is 5.16. The standard InChI is InChI=1S/C20H14F3N5/c1-12-7-13(8-17-15(12)3-2-6-24-17)16-9-19(27-11-26-16)28-18-5-4-14(10-25-18)20(21,22)23/h2-11H,1H3,(H,25,26,27,28). The Kier molecular flexibility index (Phi) is 4.38. The van der Waals surface area contributed by atoms with Crippen LogP contribution in [0.3, 0.4) is 0 Å². The number of anilines is 2. The summed E-state index contributed by atoms with van der Waals surface area (Å²) in [5.41, 5.74) is 2.66. The number of aryl methyl sites for hydroxylation is 1. The van der Waals surface area contributed by atoms with E-state index in [4.69, 9.17) is 0 Å². The van der Waals surface area contributed by atoms with Crippen molar-refractivity contribution in [2.45, 2.75) is 13.1 Å². The van der Waals surface area contributed by atoms with Crippen LogP contribution >= 0.6 is 0 Å². The van der Waals surface area contributed by atoms with Gasteiger partial charge in [0.25, 0.3) is 0 Å². The second-order valence-corrected chi connectivity index (χ2v) is 6.21. The minimum atomic E-state index is -4.42. The Morgan fingerprint density at radius 1 is 0.893 bits per heavy atom. The number of rotatable bonds is 3. The molecule has 0 atom stereocenters. The van der Waals surface area contributed by atoms with Crippen molar-refractivity contribution < 1.29 is 13.2 Å². The summed E-state index contributed by atoms with van der Waals surface area (Å²) in [5.74, 6) is 0.685. The van der Waals surface area contributed by atoms with Gasteiger partial charge in [-0.1, -0.05) is 6.07 Å². The Bertz CT molecular complexity index is 1140. The lowest BCUT2D eigenvalue weighted by atomic mass is 10.0. The lowest BCUT2D eigenvalue weighted by molar-refractivity contribution is -0.137. The zero-order valence-corrected chi connectivity index (χ0v) is 14.7. The monoisotopic (exact) mass is 381 g/mol. The molecule has 8 heteroatoms. The van der Waals surface area contributed by atoms with Crippen LogP contribution < -0.4 is 5.32 Å². The van der Waals surface area contributed by atoms with Gasteiger partial charge < -0.3 is 5.32 Å². The molecule has 4 rings (SSSR count). The lowest BCUT2D eigenvalue weighted by Gasteiger charge is -2.10. The molecule has 0 spiro atoms. The largest absolute Gasteiger partial charge is 0.417 e. The molecule has 0 aliphatic rings. The van der Waals surface area contributed by atoms with Gasteiger partial charge in [-0.25, -0.2) is 15.0 Å². The molecule has 1 N–H and O–H groups in total. The molecule has 0 fully saturated rings. The van der Waals surface area contributed by atoms with Crippen molar-refractivity contribution >= 4 is 22.5 Å². The molecule has 0 saturated heterocycles. The SMILES string of the molecule is Cc1cc(-c2cc(Nc3ccc(C(F)(F)F)cn3)ncn2)cc2ncccc12. The van der Waals surface area contributed by atoms with Gasteiger partial charge in [0.2, 0.25) is 0 Å². The molecule has 0 radical (unpaired) electrons. The number of fused-ring (bicyclic) bond motifs is 1. The molecule has 0 aliphatic carbocycles. The molecular weight excluding hydrogens is 367 g/mol. The summed E-state index contributed by atoms with van der Waals surface area (Å²) in [7, 11) is 0. The summed E-state index contributed by atoms with van der Waals surface area (Å²) >= 11 is 0. The van der Waals surface area contributed by atoms with Crippen LogP contribution in [0.15, 0.2) is 61.2 Å². The van der Waals surface area contributed by atoms with Gasteiger partial charge in [-0.2, -0.15) is 13.2 Å². The van der Waals surface area contributed by atoms with E-state index in [2.05, 4.69) is 25.3 Å². The van der Waals surface area contributed by atoms with Crippen molar-refractivity contribution in [3.05, 3.63) is 72.3 Å². The number of alkyl halides is 3. The molecule has 0 amide bonds. The third-order valence-corrected chi connectivity index (χ3v) is 4.24. The van der Waals surface area contributed by atoms with E-state index in [9.17, 15) is 13.2 Å². The average molecular weight is 381 g/mol. The average Bonchev–Trinajstić information content (AvgIpc) is 2.68. The van der Waals surface area contributed by atoms with Crippen LogP contribution in [0, 0.1) is 6.92 Å². The number of hydrogen-bond acceptors (Lipinski definition) is 5. The summed E-state index contributed by atoms with van der Waals surface area (Å²) < 4.78 is 37.9. The fourth-order valence-corrected chi connectivity index (χ4v) is 2.86. The summed E-state index contributed by atoms with van der Waals surface area (Å²) in [6, 6.07) is 11.8.